The molecule has 0 spiro atoms. The number of rotatable bonds is 5. The van der Waals surface area contributed by atoms with Crippen molar-refractivity contribution in [1.29, 1.82) is 0 Å². The predicted molar refractivity (Wildman–Crippen MR) is 150 cm³/mol. The minimum atomic E-state index is -0.422. The Morgan fingerprint density at radius 1 is 0.846 bits per heavy atom. The molecule has 0 saturated carbocycles. The van der Waals surface area contributed by atoms with E-state index in [2.05, 4.69) is 14.9 Å². The number of halogens is 4. The summed E-state index contributed by atoms with van der Waals surface area (Å²) in [5, 5.41) is 5.86. The molecule has 0 aliphatic carbocycles. The number of nitrogens with two attached hydrogens (primary N) is 1. The Kier molecular flexibility index (Phi) is 6.80. The molecule has 11 heteroatoms. The van der Waals surface area contributed by atoms with E-state index in [1.165, 1.54) is 22.9 Å². The Labute approximate surface area is 233 Å². The first-order valence-corrected chi connectivity index (χ1v) is 13.1. The number of fused-ring (bicyclic) bond motifs is 1. The summed E-state index contributed by atoms with van der Waals surface area (Å²) in [6, 6.07) is 18.0. The second-order valence-corrected chi connectivity index (χ2v) is 10.2. The van der Waals surface area contributed by atoms with E-state index in [1.807, 2.05) is 0 Å². The van der Waals surface area contributed by atoms with Crippen LogP contribution >= 0.6 is 23.2 Å². The molecule has 5 aromatic rings. The van der Waals surface area contributed by atoms with Crippen LogP contribution in [0.25, 0.3) is 28.0 Å². The summed E-state index contributed by atoms with van der Waals surface area (Å²) in [6.07, 6.45) is 0. The smallest absolute Gasteiger partial charge is 0.228 e. The fourth-order valence-corrected chi connectivity index (χ4v) is 5.05. The van der Waals surface area contributed by atoms with E-state index >= 15 is 4.39 Å². The van der Waals surface area contributed by atoms with Crippen molar-refractivity contribution in [2.24, 2.45) is 0 Å². The lowest BCUT2D eigenvalue weighted by Crippen LogP contribution is -2.46. The zero-order chi connectivity index (χ0) is 27.1. The summed E-state index contributed by atoms with van der Waals surface area (Å²) in [6.45, 7) is 3.55. The lowest BCUT2D eigenvalue weighted by molar-refractivity contribution is 0.248. The highest BCUT2D eigenvalue weighted by Crippen LogP contribution is 2.35. The summed E-state index contributed by atoms with van der Waals surface area (Å²) >= 11 is 12.3. The van der Waals surface area contributed by atoms with E-state index in [0.717, 1.165) is 25.2 Å². The van der Waals surface area contributed by atoms with Crippen molar-refractivity contribution in [2.75, 3.05) is 36.8 Å². The Hall–Kier alpha value is -3.79. The quantitative estimate of drug-likeness (QED) is 0.283. The van der Waals surface area contributed by atoms with Crippen LogP contribution in [0.2, 0.25) is 10.0 Å². The SMILES string of the molecule is Nc1c2c(-c3ccccc3F)nc(N3CCN(Cc4ccc(F)cc4)CC3)nc2nn1-c1ccc(Cl)c(Cl)c1. The molecule has 0 amide bonds. The van der Waals surface area contributed by atoms with Crippen molar-refractivity contribution in [3.8, 4) is 16.9 Å². The number of hydrogen-bond donors (Lipinski definition) is 1. The Balaban J connectivity index is 1.37. The van der Waals surface area contributed by atoms with Gasteiger partial charge in [0, 0.05) is 38.3 Å². The van der Waals surface area contributed by atoms with Crippen molar-refractivity contribution in [1.82, 2.24) is 24.6 Å². The largest absolute Gasteiger partial charge is 0.383 e. The molecule has 1 aliphatic rings. The molecule has 39 heavy (non-hydrogen) atoms. The first kappa shape index (κ1) is 25.5. The van der Waals surface area contributed by atoms with Gasteiger partial charge in [-0.1, -0.05) is 47.5 Å². The fourth-order valence-electron chi connectivity index (χ4n) is 4.76. The zero-order valence-corrected chi connectivity index (χ0v) is 22.2. The second kappa shape index (κ2) is 10.4. The molecular weight excluding hydrogens is 543 g/mol. The van der Waals surface area contributed by atoms with Gasteiger partial charge in [0.2, 0.25) is 5.95 Å². The van der Waals surface area contributed by atoms with Crippen LogP contribution in [0.15, 0.2) is 66.7 Å². The molecule has 7 nitrogen and oxygen atoms in total. The van der Waals surface area contributed by atoms with Gasteiger partial charge < -0.3 is 10.6 Å². The third kappa shape index (κ3) is 5.01. The molecular formula is C28H23Cl2F2N7. The normalized spacial score (nSPS) is 14.3. The van der Waals surface area contributed by atoms with Crippen LogP contribution in [0.3, 0.4) is 0 Å². The molecule has 0 unspecified atom stereocenters. The van der Waals surface area contributed by atoms with Gasteiger partial charge in [0.25, 0.3) is 0 Å². The van der Waals surface area contributed by atoms with E-state index in [4.69, 9.17) is 38.9 Å². The third-order valence-corrected chi connectivity index (χ3v) is 7.55. The molecule has 3 aromatic carbocycles. The minimum absolute atomic E-state index is 0.246. The minimum Gasteiger partial charge on any atom is -0.383 e. The molecule has 1 aliphatic heterocycles. The van der Waals surface area contributed by atoms with Crippen LogP contribution in [0.1, 0.15) is 5.56 Å². The van der Waals surface area contributed by atoms with Crippen LogP contribution in [0, 0.1) is 11.6 Å². The molecule has 6 rings (SSSR count). The van der Waals surface area contributed by atoms with E-state index in [1.54, 1.807) is 48.5 Å². The maximum absolute atomic E-state index is 15.0. The van der Waals surface area contributed by atoms with Gasteiger partial charge in [0.05, 0.1) is 26.8 Å². The van der Waals surface area contributed by atoms with Gasteiger partial charge in [0.1, 0.15) is 17.5 Å². The van der Waals surface area contributed by atoms with E-state index in [0.29, 0.717) is 57.1 Å². The van der Waals surface area contributed by atoms with Crippen molar-refractivity contribution in [3.63, 3.8) is 0 Å². The van der Waals surface area contributed by atoms with Crippen LogP contribution in [-0.4, -0.2) is 50.8 Å². The van der Waals surface area contributed by atoms with Gasteiger partial charge >= 0.3 is 0 Å². The van der Waals surface area contributed by atoms with Crippen molar-refractivity contribution in [3.05, 3.63) is 94.0 Å². The topological polar surface area (TPSA) is 76.1 Å². The van der Waals surface area contributed by atoms with Crippen LogP contribution in [0.4, 0.5) is 20.5 Å². The summed E-state index contributed by atoms with van der Waals surface area (Å²) in [5.41, 5.74) is 9.21. The molecule has 1 fully saturated rings. The average molecular weight is 566 g/mol. The number of hydrogen-bond acceptors (Lipinski definition) is 6. The van der Waals surface area contributed by atoms with Gasteiger partial charge in [-0.3, -0.25) is 4.90 Å². The first-order chi connectivity index (χ1) is 18.9. The van der Waals surface area contributed by atoms with Gasteiger partial charge in [-0.2, -0.15) is 4.98 Å². The van der Waals surface area contributed by atoms with Crippen molar-refractivity contribution >= 4 is 46.0 Å². The van der Waals surface area contributed by atoms with E-state index in [9.17, 15) is 4.39 Å². The maximum Gasteiger partial charge on any atom is 0.228 e. The van der Waals surface area contributed by atoms with E-state index < -0.39 is 5.82 Å². The standard InChI is InChI=1S/C28H23Cl2F2N7/c29-21-10-9-19(15-22(21)30)39-26(33)24-25(20-3-1-2-4-23(20)32)34-28(35-27(24)36-39)38-13-11-37(12-14-38)16-17-5-7-18(31)8-6-17/h1-10,15H,11-14,16,33H2. The number of nitrogens with zero attached hydrogens (tertiary/aromatic N) is 6. The number of piperazine rings is 1. The van der Waals surface area contributed by atoms with Crippen LogP contribution in [-0.2, 0) is 6.54 Å². The summed E-state index contributed by atoms with van der Waals surface area (Å²) < 4.78 is 29.8. The summed E-state index contributed by atoms with van der Waals surface area (Å²) in [4.78, 5) is 13.9. The maximum atomic E-state index is 15.0. The molecule has 0 radical (unpaired) electrons. The van der Waals surface area contributed by atoms with Gasteiger partial charge in [-0.05, 0) is 48.0 Å². The first-order valence-electron chi connectivity index (χ1n) is 12.4. The summed E-state index contributed by atoms with van der Waals surface area (Å²) in [7, 11) is 0. The summed E-state index contributed by atoms with van der Waals surface area (Å²) in [5.74, 6) is 0.0385. The average Bonchev–Trinajstić information content (AvgIpc) is 3.28. The highest BCUT2D eigenvalue weighted by atomic mass is 35.5. The third-order valence-electron chi connectivity index (χ3n) is 6.81. The number of nitrogen functional groups attached to an aromatic ring is 1. The molecule has 198 valence electrons. The lowest BCUT2D eigenvalue weighted by Gasteiger charge is -2.34. The van der Waals surface area contributed by atoms with Gasteiger partial charge in [-0.15, -0.1) is 5.10 Å². The van der Waals surface area contributed by atoms with Crippen LogP contribution < -0.4 is 10.6 Å². The Morgan fingerprint density at radius 3 is 2.31 bits per heavy atom. The molecule has 0 atom stereocenters. The molecule has 2 aromatic heterocycles. The van der Waals surface area contributed by atoms with Crippen molar-refractivity contribution in [2.45, 2.75) is 6.54 Å². The molecule has 2 N–H and O–H groups in total. The number of aromatic nitrogens is 4. The Morgan fingerprint density at radius 2 is 1.59 bits per heavy atom. The molecule has 3 heterocycles. The highest BCUT2D eigenvalue weighted by molar-refractivity contribution is 6.42. The Bertz CT molecular complexity index is 1670. The van der Waals surface area contributed by atoms with Crippen molar-refractivity contribution < 1.29 is 8.78 Å². The lowest BCUT2D eigenvalue weighted by atomic mass is 10.1. The van der Waals surface area contributed by atoms with E-state index in [-0.39, 0.29) is 11.6 Å². The monoisotopic (exact) mass is 565 g/mol. The van der Waals surface area contributed by atoms with Gasteiger partial charge in [-0.25, -0.2) is 18.4 Å². The predicted octanol–water partition coefficient (Wildman–Crippen LogP) is 5.97. The number of anilines is 2. The fraction of sp³-hybridized carbons (Fsp3) is 0.179. The number of benzene rings is 3. The zero-order valence-electron chi connectivity index (χ0n) is 20.7. The van der Waals surface area contributed by atoms with Crippen LogP contribution in [0.5, 0.6) is 0 Å². The second-order valence-electron chi connectivity index (χ2n) is 9.34. The van der Waals surface area contributed by atoms with Gasteiger partial charge in [0.15, 0.2) is 5.65 Å². The highest BCUT2D eigenvalue weighted by Gasteiger charge is 2.25. The molecule has 1 saturated heterocycles. The molecule has 0 bridgehead atoms.